The summed E-state index contributed by atoms with van der Waals surface area (Å²) in [7, 11) is 0. The second-order valence-corrected chi connectivity index (χ2v) is 3.40. The average Bonchev–Trinajstić information content (AvgIpc) is 2.25. The maximum Gasteiger partial charge on any atom is 0.0299 e. The van der Waals surface area contributed by atoms with Gasteiger partial charge in [-0.2, -0.15) is 0 Å². The number of nitrogens with two attached hydrogens (primary N) is 1. The fourth-order valence-corrected chi connectivity index (χ4v) is 1.31. The van der Waals surface area contributed by atoms with E-state index in [0.717, 1.165) is 25.7 Å². The molecule has 2 heteroatoms. The first-order valence-electron chi connectivity index (χ1n) is 4.91. The number of nitrogens with zero attached hydrogens (tertiary/aromatic N) is 1. The van der Waals surface area contributed by atoms with Gasteiger partial charge in [0.25, 0.3) is 0 Å². The number of aromatic nitrogens is 1. The summed E-state index contributed by atoms with van der Waals surface area (Å²) in [6, 6.07) is 4.23. The van der Waals surface area contributed by atoms with Crippen molar-refractivity contribution in [1.29, 1.82) is 0 Å². The van der Waals surface area contributed by atoms with Crippen molar-refractivity contribution >= 4 is 0 Å². The fraction of sp³-hybridized carbons (Fsp3) is 0.417. The van der Waals surface area contributed by atoms with Crippen molar-refractivity contribution in [3.8, 4) is 12.3 Å². The van der Waals surface area contributed by atoms with E-state index >= 15 is 0 Å². The predicted molar refractivity (Wildman–Crippen MR) is 58.6 cm³/mol. The van der Waals surface area contributed by atoms with Crippen LogP contribution in [-0.2, 0) is 6.42 Å². The first kappa shape index (κ1) is 10.7. The van der Waals surface area contributed by atoms with E-state index in [2.05, 4.69) is 17.0 Å². The molecule has 0 aliphatic carbocycles. The van der Waals surface area contributed by atoms with Gasteiger partial charge in [0.1, 0.15) is 0 Å². The molecule has 0 aliphatic rings. The molecule has 0 fully saturated rings. The number of rotatable bonds is 5. The van der Waals surface area contributed by atoms with Gasteiger partial charge in [0, 0.05) is 24.9 Å². The molecule has 1 aromatic rings. The second kappa shape index (κ2) is 6.17. The van der Waals surface area contributed by atoms with Gasteiger partial charge in [0.05, 0.1) is 0 Å². The van der Waals surface area contributed by atoms with Gasteiger partial charge in [-0.3, -0.25) is 4.98 Å². The van der Waals surface area contributed by atoms with E-state index in [1.54, 1.807) is 6.20 Å². The van der Waals surface area contributed by atoms with Crippen LogP contribution in [0.3, 0.4) is 0 Å². The smallest absolute Gasteiger partial charge is 0.0299 e. The van der Waals surface area contributed by atoms with Crippen molar-refractivity contribution in [1.82, 2.24) is 4.98 Å². The topological polar surface area (TPSA) is 38.9 Å². The van der Waals surface area contributed by atoms with E-state index in [9.17, 15) is 0 Å². The summed E-state index contributed by atoms with van der Waals surface area (Å²) in [6.07, 6.45) is 12.5. The molecule has 1 aromatic heterocycles. The summed E-state index contributed by atoms with van der Waals surface area (Å²) in [5, 5.41) is 0. The summed E-state index contributed by atoms with van der Waals surface area (Å²) in [5.74, 6) is 2.60. The summed E-state index contributed by atoms with van der Waals surface area (Å²) >= 11 is 0. The minimum absolute atomic E-state index is 0.214. The van der Waals surface area contributed by atoms with Crippen molar-refractivity contribution in [3.63, 3.8) is 0 Å². The Kier molecular flexibility index (Phi) is 4.74. The maximum atomic E-state index is 5.89. The Morgan fingerprint density at radius 1 is 1.50 bits per heavy atom. The molecule has 0 saturated heterocycles. The zero-order valence-corrected chi connectivity index (χ0v) is 8.32. The molecule has 1 rings (SSSR count). The summed E-state index contributed by atoms with van der Waals surface area (Å²) in [6.45, 7) is 0. The van der Waals surface area contributed by atoms with Gasteiger partial charge in [-0.1, -0.05) is 6.07 Å². The van der Waals surface area contributed by atoms with Gasteiger partial charge in [0.2, 0.25) is 0 Å². The highest BCUT2D eigenvalue weighted by Crippen LogP contribution is 2.05. The summed E-state index contributed by atoms with van der Waals surface area (Å²) < 4.78 is 0. The maximum absolute atomic E-state index is 5.89. The third kappa shape index (κ3) is 4.06. The van der Waals surface area contributed by atoms with Crippen molar-refractivity contribution < 1.29 is 0 Å². The Bertz CT molecular complexity index is 287. The number of aryl methyl sites for hydroxylation is 1. The van der Waals surface area contributed by atoms with Crippen LogP contribution >= 0.6 is 0 Å². The number of hydrogen-bond acceptors (Lipinski definition) is 2. The van der Waals surface area contributed by atoms with Crippen LogP contribution in [0.1, 0.15) is 24.8 Å². The van der Waals surface area contributed by atoms with Gasteiger partial charge in [-0.05, 0) is 30.9 Å². The zero-order chi connectivity index (χ0) is 10.2. The van der Waals surface area contributed by atoms with Crippen molar-refractivity contribution in [3.05, 3.63) is 30.1 Å². The molecule has 0 radical (unpaired) electrons. The molecular formula is C12H16N2. The SMILES string of the molecule is C#CCCC(N)CCc1cccnc1. The Balaban J connectivity index is 2.24. The first-order valence-corrected chi connectivity index (χ1v) is 4.91. The van der Waals surface area contributed by atoms with Crippen LogP contribution in [0, 0.1) is 12.3 Å². The largest absolute Gasteiger partial charge is 0.328 e. The lowest BCUT2D eigenvalue weighted by Crippen LogP contribution is -2.20. The Labute approximate surface area is 85.5 Å². The van der Waals surface area contributed by atoms with Crippen LogP contribution in [0.4, 0.5) is 0 Å². The highest BCUT2D eigenvalue weighted by atomic mass is 14.6. The predicted octanol–water partition coefficient (Wildman–Crippen LogP) is 1.75. The van der Waals surface area contributed by atoms with Crippen LogP contribution in [0.15, 0.2) is 24.5 Å². The van der Waals surface area contributed by atoms with Crippen LogP contribution in [-0.4, -0.2) is 11.0 Å². The van der Waals surface area contributed by atoms with Gasteiger partial charge < -0.3 is 5.73 Å². The monoisotopic (exact) mass is 188 g/mol. The summed E-state index contributed by atoms with van der Waals surface area (Å²) in [5.41, 5.74) is 7.13. The third-order valence-corrected chi connectivity index (χ3v) is 2.19. The molecular weight excluding hydrogens is 172 g/mol. The molecule has 1 unspecified atom stereocenters. The van der Waals surface area contributed by atoms with Crippen molar-refractivity contribution in [2.75, 3.05) is 0 Å². The van der Waals surface area contributed by atoms with E-state index in [1.807, 2.05) is 12.3 Å². The molecule has 1 atom stereocenters. The quantitative estimate of drug-likeness (QED) is 0.715. The van der Waals surface area contributed by atoms with E-state index in [-0.39, 0.29) is 6.04 Å². The minimum atomic E-state index is 0.214. The number of pyridine rings is 1. The molecule has 0 spiro atoms. The van der Waals surface area contributed by atoms with Crippen molar-refractivity contribution in [2.45, 2.75) is 31.7 Å². The van der Waals surface area contributed by atoms with Crippen LogP contribution in [0.25, 0.3) is 0 Å². The lowest BCUT2D eigenvalue weighted by Gasteiger charge is -2.08. The van der Waals surface area contributed by atoms with Crippen LogP contribution in [0.2, 0.25) is 0 Å². The van der Waals surface area contributed by atoms with Crippen molar-refractivity contribution in [2.24, 2.45) is 5.73 Å². The zero-order valence-electron chi connectivity index (χ0n) is 8.32. The minimum Gasteiger partial charge on any atom is -0.328 e. The Morgan fingerprint density at radius 2 is 2.36 bits per heavy atom. The highest BCUT2D eigenvalue weighted by Gasteiger charge is 2.01. The van der Waals surface area contributed by atoms with E-state index < -0.39 is 0 Å². The summed E-state index contributed by atoms with van der Waals surface area (Å²) in [4.78, 5) is 4.05. The molecule has 14 heavy (non-hydrogen) atoms. The molecule has 74 valence electrons. The molecule has 0 bridgehead atoms. The molecule has 0 saturated carbocycles. The van der Waals surface area contributed by atoms with Crippen LogP contribution < -0.4 is 5.73 Å². The lowest BCUT2D eigenvalue weighted by atomic mass is 10.0. The average molecular weight is 188 g/mol. The van der Waals surface area contributed by atoms with E-state index in [4.69, 9.17) is 12.2 Å². The molecule has 0 amide bonds. The molecule has 2 N–H and O–H groups in total. The van der Waals surface area contributed by atoms with Gasteiger partial charge >= 0.3 is 0 Å². The van der Waals surface area contributed by atoms with Gasteiger partial charge in [-0.25, -0.2) is 0 Å². The third-order valence-electron chi connectivity index (χ3n) is 2.19. The first-order chi connectivity index (χ1) is 6.83. The fourth-order valence-electron chi connectivity index (χ4n) is 1.31. The molecule has 0 aromatic carbocycles. The Morgan fingerprint density at radius 3 is 3.00 bits per heavy atom. The normalized spacial score (nSPS) is 12.0. The lowest BCUT2D eigenvalue weighted by molar-refractivity contribution is 0.577. The van der Waals surface area contributed by atoms with Gasteiger partial charge in [-0.15, -0.1) is 12.3 Å². The van der Waals surface area contributed by atoms with E-state index in [0.29, 0.717) is 0 Å². The number of hydrogen-bond donors (Lipinski definition) is 1. The standard InChI is InChI=1S/C12H16N2/c1-2-3-6-12(13)8-7-11-5-4-9-14-10-11/h1,4-5,9-10,12H,3,6-8,13H2. The molecule has 2 nitrogen and oxygen atoms in total. The number of terminal acetylenes is 1. The van der Waals surface area contributed by atoms with Crippen LogP contribution in [0.5, 0.6) is 0 Å². The second-order valence-electron chi connectivity index (χ2n) is 3.40. The molecule has 1 heterocycles. The molecule has 0 aliphatic heterocycles. The van der Waals surface area contributed by atoms with E-state index in [1.165, 1.54) is 5.56 Å². The highest BCUT2D eigenvalue weighted by molar-refractivity contribution is 5.08. The Hall–Kier alpha value is -1.33. The van der Waals surface area contributed by atoms with Gasteiger partial charge in [0.15, 0.2) is 0 Å².